The molecule has 0 bridgehead atoms. The Kier molecular flexibility index (Phi) is 3.84. The first-order valence-electron chi connectivity index (χ1n) is 7.31. The Labute approximate surface area is 107 Å². The molecule has 0 radical (unpaired) electrons. The van der Waals surface area contributed by atoms with Crippen molar-refractivity contribution < 1.29 is 4.74 Å². The van der Waals surface area contributed by atoms with Crippen molar-refractivity contribution in [2.24, 2.45) is 0 Å². The molecule has 1 aliphatic heterocycles. The molecule has 2 nitrogen and oxygen atoms in total. The van der Waals surface area contributed by atoms with Crippen LogP contribution in [0.3, 0.4) is 0 Å². The molecule has 0 aromatic rings. The molecular weight excluding hydrogens is 210 g/mol. The van der Waals surface area contributed by atoms with E-state index in [1.807, 2.05) is 0 Å². The van der Waals surface area contributed by atoms with Crippen molar-refractivity contribution in [3.8, 4) is 0 Å². The van der Waals surface area contributed by atoms with Gasteiger partial charge >= 0.3 is 0 Å². The molecule has 1 atom stereocenters. The van der Waals surface area contributed by atoms with Crippen LogP contribution in [0.2, 0.25) is 0 Å². The molecule has 0 N–H and O–H groups in total. The van der Waals surface area contributed by atoms with Gasteiger partial charge in [0, 0.05) is 6.04 Å². The van der Waals surface area contributed by atoms with Gasteiger partial charge in [0.1, 0.15) is 0 Å². The monoisotopic (exact) mass is 239 g/mol. The third-order valence-corrected chi connectivity index (χ3v) is 4.32. The summed E-state index contributed by atoms with van der Waals surface area (Å²) in [7, 11) is 2.28. The molecule has 0 amide bonds. The van der Waals surface area contributed by atoms with Crippen molar-refractivity contribution in [1.82, 2.24) is 4.90 Å². The van der Waals surface area contributed by atoms with Gasteiger partial charge in [-0.3, -0.25) is 0 Å². The highest BCUT2D eigenvalue weighted by Gasteiger charge is 2.41. The zero-order valence-electron chi connectivity index (χ0n) is 12.1. The van der Waals surface area contributed by atoms with E-state index in [1.165, 1.54) is 51.5 Å². The van der Waals surface area contributed by atoms with Crippen LogP contribution in [0, 0.1) is 0 Å². The Morgan fingerprint density at radius 3 is 2.29 bits per heavy atom. The summed E-state index contributed by atoms with van der Waals surface area (Å²) < 4.78 is 6.47. The second-order valence-electron chi connectivity index (χ2n) is 7.09. The summed E-state index contributed by atoms with van der Waals surface area (Å²) in [5.41, 5.74) is 0.184. The minimum absolute atomic E-state index is 0.00150. The third-order valence-electron chi connectivity index (χ3n) is 4.32. The van der Waals surface area contributed by atoms with Crippen molar-refractivity contribution in [2.75, 3.05) is 13.6 Å². The highest BCUT2D eigenvalue weighted by Crippen LogP contribution is 2.41. The average molecular weight is 239 g/mol. The summed E-state index contributed by atoms with van der Waals surface area (Å²) in [6.07, 6.45) is 9.24. The first-order valence-corrected chi connectivity index (χ1v) is 7.31. The first kappa shape index (κ1) is 13.4. The van der Waals surface area contributed by atoms with Gasteiger partial charge in [0.25, 0.3) is 0 Å². The molecule has 1 heterocycles. The van der Waals surface area contributed by atoms with Gasteiger partial charge in [0.2, 0.25) is 0 Å². The number of likely N-dealkylation sites (tertiary alicyclic amines) is 1. The van der Waals surface area contributed by atoms with E-state index in [0.29, 0.717) is 0 Å². The van der Waals surface area contributed by atoms with Crippen LogP contribution in [0.4, 0.5) is 0 Å². The molecule has 2 rings (SSSR count). The van der Waals surface area contributed by atoms with Crippen LogP contribution in [0.25, 0.3) is 0 Å². The molecule has 17 heavy (non-hydrogen) atoms. The summed E-state index contributed by atoms with van der Waals surface area (Å²) in [4.78, 5) is 2.53. The fourth-order valence-electron chi connectivity index (χ4n) is 3.68. The van der Waals surface area contributed by atoms with E-state index >= 15 is 0 Å². The Balaban J connectivity index is 2.01. The predicted octanol–water partition coefficient (Wildman–Crippen LogP) is 3.60. The van der Waals surface area contributed by atoms with Crippen LogP contribution in [0.1, 0.15) is 65.7 Å². The summed E-state index contributed by atoms with van der Waals surface area (Å²) in [5.74, 6) is 0. The normalized spacial score (nSPS) is 30.0. The Hall–Kier alpha value is -0.0800. The van der Waals surface area contributed by atoms with E-state index in [-0.39, 0.29) is 11.2 Å². The number of ether oxygens (including phenoxy) is 1. The minimum atomic E-state index is 0.00150. The molecule has 2 heteroatoms. The number of nitrogens with zero attached hydrogens (tertiary/aromatic N) is 1. The summed E-state index contributed by atoms with van der Waals surface area (Å²) in [5, 5.41) is 0. The van der Waals surface area contributed by atoms with Gasteiger partial charge in [-0.05, 0) is 66.5 Å². The van der Waals surface area contributed by atoms with Crippen LogP contribution >= 0.6 is 0 Å². The molecule has 2 aliphatic rings. The Morgan fingerprint density at radius 1 is 1.18 bits per heavy atom. The van der Waals surface area contributed by atoms with Crippen LogP contribution in [0.5, 0.6) is 0 Å². The molecule has 0 aromatic heterocycles. The Bertz CT molecular complexity index is 250. The summed E-state index contributed by atoms with van der Waals surface area (Å²) >= 11 is 0. The molecule has 1 saturated carbocycles. The average Bonchev–Trinajstić information content (AvgIpc) is 2.76. The first-order chi connectivity index (χ1) is 7.90. The van der Waals surface area contributed by atoms with Crippen molar-refractivity contribution >= 4 is 0 Å². The molecule has 1 saturated heterocycles. The lowest BCUT2D eigenvalue weighted by atomic mass is 9.90. The van der Waals surface area contributed by atoms with E-state index in [4.69, 9.17) is 4.74 Å². The van der Waals surface area contributed by atoms with Gasteiger partial charge in [-0.2, -0.15) is 0 Å². The molecule has 2 fully saturated rings. The maximum atomic E-state index is 6.47. The standard InChI is InChI=1S/C15H29NO/c1-14(2,3)17-15(9-5-6-10-15)12-13-8-7-11-16(13)4/h13H,5-12H2,1-4H3. The van der Waals surface area contributed by atoms with Gasteiger partial charge in [-0.15, -0.1) is 0 Å². The Morgan fingerprint density at radius 2 is 1.82 bits per heavy atom. The molecule has 100 valence electrons. The maximum absolute atomic E-state index is 6.47. The van der Waals surface area contributed by atoms with E-state index < -0.39 is 0 Å². The zero-order chi connectivity index (χ0) is 12.5. The largest absolute Gasteiger partial charge is 0.369 e. The van der Waals surface area contributed by atoms with Crippen LogP contribution in [-0.2, 0) is 4.74 Å². The lowest BCUT2D eigenvalue weighted by Gasteiger charge is -2.39. The van der Waals surface area contributed by atoms with Crippen molar-refractivity contribution in [1.29, 1.82) is 0 Å². The SMILES string of the molecule is CN1CCCC1CC1(OC(C)(C)C)CCCC1. The summed E-state index contributed by atoms with van der Waals surface area (Å²) in [6, 6.07) is 0.760. The second-order valence-corrected chi connectivity index (χ2v) is 7.09. The topological polar surface area (TPSA) is 12.5 Å². The second kappa shape index (κ2) is 4.89. The predicted molar refractivity (Wildman–Crippen MR) is 72.3 cm³/mol. The van der Waals surface area contributed by atoms with E-state index in [0.717, 1.165) is 6.04 Å². The number of hydrogen-bond acceptors (Lipinski definition) is 2. The zero-order valence-corrected chi connectivity index (χ0v) is 12.1. The molecular formula is C15H29NO. The van der Waals surface area contributed by atoms with Gasteiger partial charge in [-0.1, -0.05) is 12.8 Å². The fraction of sp³-hybridized carbons (Fsp3) is 1.00. The lowest BCUT2D eigenvalue weighted by Crippen LogP contribution is -2.42. The van der Waals surface area contributed by atoms with Crippen molar-refractivity contribution in [2.45, 2.75) is 83.0 Å². The van der Waals surface area contributed by atoms with Gasteiger partial charge < -0.3 is 9.64 Å². The number of hydrogen-bond donors (Lipinski definition) is 0. The van der Waals surface area contributed by atoms with Gasteiger partial charge in [0.15, 0.2) is 0 Å². The third kappa shape index (κ3) is 3.45. The fourth-order valence-corrected chi connectivity index (χ4v) is 3.68. The van der Waals surface area contributed by atoms with Gasteiger partial charge in [0.05, 0.1) is 11.2 Å². The van der Waals surface area contributed by atoms with E-state index in [9.17, 15) is 0 Å². The van der Waals surface area contributed by atoms with Crippen LogP contribution < -0.4 is 0 Å². The minimum Gasteiger partial charge on any atom is -0.369 e. The number of rotatable bonds is 3. The van der Waals surface area contributed by atoms with E-state index in [2.05, 4.69) is 32.7 Å². The molecule has 1 aliphatic carbocycles. The maximum Gasteiger partial charge on any atom is 0.0704 e. The molecule has 0 spiro atoms. The quantitative estimate of drug-likeness (QED) is 0.746. The highest BCUT2D eigenvalue weighted by atomic mass is 16.5. The molecule has 0 aromatic carbocycles. The lowest BCUT2D eigenvalue weighted by molar-refractivity contribution is -0.138. The van der Waals surface area contributed by atoms with Crippen molar-refractivity contribution in [3.05, 3.63) is 0 Å². The molecule has 1 unspecified atom stereocenters. The van der Waals surface area contributed by atoms with Gasteiger partial charge in [-0.25, -0.2) is 0 Å². The van der Waals surface area contributed by atoms with Crippen LogP contribution in [-0.4, -0.2) is 35.7 Å². The smallest absolute Gasteiger partial charge is 0.0704 e. The van der Waals surface area contributed by atoms with E-state index in [1.54, 1.807) is 0 Å². The van der Waals surface area contributed by atoms with Crippen molar-refractivity contribution in [3.63, 3.8) is 0 Å². The highest BCUT2D eigenvalue weighted by molar-refractivity contribution is 4.94. The van der Waals surface area contributed by atoms with Crippen LogP contribution in [0.15, 0.2) is 0 Å². The summed E-state index contributed by atoms with van der Waals surface area (Å²) in [6.45, 7) is 7.87.